The van der Waals surface area contributed by atoms with Gasteiger partial charge in [0.25, 0.3) is 11.5 Å². The highest BCUT2D eigenvalue weighted by Gasteiger charge is 2.17. The van der Waals surface area contributed by atoms with Gasteiger partial charge in [-0.1, -0.05) is 12.1 Å². The second-order valence-corrected chi connectivity index (χ2v) is 6.69. The first-order valence-corrected chi connectivity index (χ1v) is 9.00. The molecule has 1 N–H and O–H groups in total. The van der Waals surface area contributed by atoms with Crippen LogP contribution in [-0.2, 0) is 0 Å². The number of fused-ring (bicyclic) bond motifs is 3. The Morgan fingerprint density at radius 3 is 2.59 bits per heavy atom. The van der Waals surface area contributed by atoms with E-state index >= 15 is 0 Å². The van der Waals surface area contributed by atoms with Crippen LogP contribution in [0, 0.1) is 13.8 Å². The molecular weight excluding hydrogens is 370 g/mol. The molecule has 0 aliphatic rings. The van der Waals surface area contributed by atoms with E-state index in [1.54, 1.807) is 30.9 Å². The Bertz CT molecular complexity index is 1430. The number of hydrogen-bond acceptors (Lipinski definition) is 6. The van der Waals surface area contributed by atoms with E-state index in [9.17, 15) is 4.79 Å². The van der Waals surface area contributed by atoms with Gasteiger partial charge < -0.3 is 4.74 Å². The molecule has 5 aromatic rings. The molecule has 5 rings (SSSR count). The third kappa shape index (κ3) is 2.59. The van der Waals surface area contributed by atoms with E-state index in [0.717, 1.165) is 22.6 Å². The van der Waals surface area contributed by atoms with Crippen LogP contribution in [0.2, 0.25) is 0 Å². The second-order valence-electron chi connectivity index (χ2n) is 6.69. The maximum atomic E-state index is 13.0. The van der Waals surface area contributed by atoms with Crippen LogP contribution in [-0.4, -0.2) is 41.5 Å². The van der Waals surface area contributed by atoms with Gasteiger partial charge in [0.2, 0.25) is 0 Å². The van der Waals surface area contributed by atoms with Crippen molar-refractivity contribution in [2.45, 2.75) is 13.8 Å². The van der Waals surface area contributed by atoms with Crippen molar-refractivity contribution in [3.63, 3.8) is 0 Å². The van der Waals surface area contributed by atoms with E-state index < -0.39 is 0 Å². The number of benzene rings is 1. The minimum Gasteiger partial charge on any atom is -0.497 e. The minimum absolute atomic E-state index is 0.255. The topological polar surface area (TPSA) is 103 Å². The summed E-state index contributed by atoms with van der Waals surface area (Å²) >= 11 is 0. The van der Waals surface area contributed by atoms with Crippen molar-refractivity contribution in [3.05, 3.63) is 64.6 Å². The van der Waals surface area contributed by atoms with Gasteiger partial charge in [-0.3, -0.25) is 9.89 Å². The van der Waals surface area contributed by atoms with Crippen LogP contribution in [0.25, 0.3) is 33.6 Å². The third-order valence-electron chi connectivity index (χ3n) is 4.87. The molecule has 0 atom stereocenters. The Hall–Kier alpha value is -4.01. The molecule has 4 aromatic heterocycles. The summed E-state index contributed by atoms with van der Waals surface area (Å²) in [6.45, 7) is 3.71. The molecule has 0 amide bonds. The van der Waals surface area contributed by atoms with Crippen LogP contribution in [0.15, 0.2) is 47.5 Å². The molecule has 0 fully saturated rings. The molecule has 0 aliphatic heterocycles. The lowest BCUT2D eigenvalue weighted by Gasteiger charge is -2.05. The van der Waals surface area contributed by atoms with Gasteiger partial charge in [-0.2, -0.15) is 10.1 Å². The highest BCUT2D eigenvalue weighted by atomic mass is 16.5. The maximum Gasteiger partial charge on any atom is 0.268 e. The van der Waals surface area contributed by atoms with E-state index in [0.29, 0.717) is 28.3 Å². The smallest absolute Gasteiger partial charge is 0.268 e. The van der Waals surface area contributed by atoms with Crippen molar-refractivity contribution in [2.24, 2.45) is 0 Å². The average molecular weight is 387 g/mol. The van der Waals surface area contributed by atoms with Gasteiger partial charge in [-0.15, -0.1) is 5.10 Å². The number of aromatic amines is 1. The predicted molar refractivity (Wildman–Crippen MR) is 107 cm³/mol. The largest absolute Gasteiger partial charge is 0.497 e. The van der Waals surface area contributed by atoms with E-state index in [4.69, 9.17) is 4.74 Å². The number of aryl methyl sites for hydroxylation is 2. The van der Waals surface area contributed by atoms with E-state index in [2.05, 4.69) is 25.3 Å². The Balaban J connectivity index is 1.73. The number of pyridine rings is 1. The predicted octanol–water partition coefficient (Wildman–Crippen LogP) is 2.44. The van der Waals surface area contributed by atoms with Gasteiger partial charge in [0, 0.05) is 18.0 Å². The number of ether oxygens (including phenoxy) is 1. The van der Waals surface area contributed by atoms with E-state index in [1.165, 1.54) is 4.57 Å². The number of nitrogens with one attached hydrogen (secondary N) is 1. The van der Waals surface area contributed by atoms with Crippen LogP contribution in [0.3, 0.4) is 0 Å². The van der Waals surface area contributed by atoms with Crippen LogP contribution < -0.4 is 10.3 Å². The van der Waals surface area contributed by atoms with E-state index in [-0.39, 0.29) is 5.56 Å². The molecule has 0 saturated carbocycles. The fourth-order valence-electron chi connectivity index (χ4n) is 3.47. The van der Waals surface area contributed by atoms with Crippen molar-refractivity contribution in [3.8, 4) is 22.8 Å². The summed E-state index contributed by atoms with van der Waals surface area (Å²) in [6.07, 6.45) is 3.23. The lowest BCUT2D eigenvalue weighted by Crippen LogP contribution is -2.20. The molecule has 0 bridgehead atoms. The molecular formula is C20H17N7O2. The first-order valence-electron chi connectivity index (χ1n) is 9.00. The first kappa shape index (κ1) is 17.1. The normalized spacial score (nSPS) is 11.4. The molecule has 0 saturated heterocycles. The van der Waals surface area contributed by atoms with Gasteiger partial charge >= 0.3 is 0 Å². The lowest BCUT2D eigenvalue weighted by molar-refractivity contribution is 0.415. The lowest BCUT2D eigenvalue weighted by atomic mass is 10.1. The Morgan fingerprint density at radius 1 is 1.10 bits per heavy atom. The highest BCUT2D eigenvalue weighted by molar-refractivity contribution is 5.86. The Labute approximate surface area is 164 Å². The zero-order valence-corrected chi connectivity index (χ0v) is 16.0. The molecule has 9 heteroatoms. The molecule has 4 heterocycles. The average Bonchev–Trinajstić information content (AvgIpc) is 3.31. The van der Waals surface area contributed by atoms with Crippen molar-refractivity contribution in [1.82, 2.24) is 34.3 Å². The highest BCUT2D eigenvalue weighted by Crippen LogP contribution is 2.29. The zero-order chi connectivity index (χ0) is 20.1. The van der Waals surface area contributed by atoms with Crippen LogP contribution in [0.4, 0.5) is 0 Å². The van der Waals surface area contributed by atoms with Crippen molar-refractivity contribution < 1.29 is 4.74 Å². The van der Waals surface area contributed by atoms with Crippen molar-refractivity contribution >= 4 is 16.6 Å². The molecule has 9 nitrogen and oxygen atoms in total. The number of aromatic nitrogens is 7. The summed E-state index contributed by atoms with van der Waals surface area (Å²) in [5, 5.41) is 11.9. The minimum atomic E-state index is -0.255. The fraction of sp³-hybridized carbons (Fsp3) is 0.150. The fourth-order valence-corrected chi connectivity index (χ4v) is 3.47. The van der Waals surface area contributed by atoms with Crippen molar-refractivity contribution in [1.29, 1.82) is 0 Å². The maximum absolute atomic E-state index is 13.0. The summed E-state index contributed by atoms with van der Waals surface area (Å²) in [7, 11) is 1.63. The van der Waals surface area contributed by atoms with Crippen molar-refractivity contribution in [2.75, 3.05) is 7.11 Å². The van der Waals surface area contributed by atoms with Crippen LogP contribution in [0.1, 0.15) is 11.5 Å². The van der Waals surface area contributed by atoms with Gasteiger partial charge in [0.1, 0.15) is 11.6 Å². The molecule has 0 unspecified atom stereocenters. The molecule has 0 radical (unpaired) electrons. The SMILES string of the molecule is COc1ccc(-c2c(C)nn3c2ncc2c(=O)n(-c4n[nH]c(C)n4)ccc23)cc1. The number of nitrogens with zero attached hydrogens (tertiary/aromatic N) is 6. The quantitative estimate of drug-likeness (QED) is 0.510. The molecule has 0 aliphatic carbocycles. The summed E-state index contributed by atoms with van der Waals surface area (Å²) < 4.78 is 8.33. The first-order chi connectivity index (χ1) is 14.1. The summed E-state index contributed by atoms with van der Waals surface area (Å²) in [4.78, 5) is 21.8. The zero-order valence-electron chi connectivity index (χ0n) is 16.0. The van der Waals surface area contributed by atoms with Gasteiger partial charge in [-0.25, -0.2) is 14.1 Å². The molecule has 1 aromatic carbocycles. The van der Waals surface area contributed by atoms with Gasteiger partial charge in [0.15, 0.2) is 5.65 Å². The monoisotopic (exact) mass is 387 g/mol. The molecule has 144 valence electrons. The molecule has 0 spiro atoms. The van der Waals surface area contributed by atoms with Gasteiger partial charge in [-0.05, 0) is 37.6 Å². The molecule has 29 heavy (non-hydrogen) atoms. The number of hydrogen-bond donors (Lipinski definition) is 1. The summed E-state index contributed by atoms with van der Waals surface area (Å²) in [5.74, 6) is 1.71. The Kier molecular flexibility index (Phi) is 3.70. The number of H-pyrrole nitrogens is 1. The van der Waals surface area contributed by atoms with Crippen LogP contribution in [0.5, 0.6) is 5.75 Å². The number of rotatable bonds is 3. The second kappa shape index (κ2) is 6.26. The van der Waals surface area contributed by atoms with Crippen LogP contribution >= 0.6 is 0 Å². The summed E-state index contributed by atoms with van der Waals surface area (Å²) in [6, 6.07) is 9.56. The standard InChI is InChI=1S/C20H17N7O2/c1-11-17(13-4-6-14(29-3)7-5-13)18-21-10-15-16(27(18)25-11)8-9-26(19(15)28)20-22-12(2)23-24-20/h4-10H,1-3H3,(H,22,23,24). The Morgan fingerprint density at radius 2 is 1.90 bits per heavy atom. The van der Waals surface area contributed by atoms with E-state index in [1.807, 2.05) is 37.3 Å². The third-order valence-corrected chi connectivity index (χ3v) is 4.87. The van der Waals surface area contributed by atoms with Gasteiger partial charge in [0.05, 0.1) is 23.7 Å². The number of methoxy groups -OCH3 is 1. The summed E-state index contributed by atoms with van der Waals surface area (Å²) in [5.41, 5.74) is 3.83.